The Bertz CT molecular complexity index is 74.0. The standard InChI is InChI=1S/C9H19IO/c1-9(11)7-5-3-2-4-6-8-10/h9,11H,2-8H2,1H3/t9-/m1/s1. The van der Waals surface area contributed by atoms with Gasteiger partial charge in [0.1, 0.15) is 0 Å². The molecule has 0 amide bonds. The molecule has 0 aliphatic carbocycles. The van der Waals surface area contributed by atoms with E-state index in [-0.39, 0.29) is 6.10 Å². The third-order valence-electron chi connectivity index (χ3n) is 1.76. The zero-order valence-corrected chi connectivity index (χ0v) is 9.51. The van der Waals surface area contributed by atoms with E-state index >= 15 is 0 Å². The summed E-state index contributed by atoms with van der Waals surface area (Å²) in [6, 6.07) is 0. The molecule has 0 spiro atoms. The van der Waals surface area contributed by atoms with Crippen molar-refractivity contribution >= 4 is 22.6 Å². The van der Waals surface area contributed by atoms with Crippen LogP contribution in [-0.4, -0.2) is 15.6 Å². The van der Waals surface area contributed by atoms with Crippen LogP contribution in [0.2, 0.25) is 0 Å². The van der Waals surface area contributed by atoms with Crippen LogP contribution in [0.5, 0.6) is 0 Å². The van der Waals surface area contributed by atoms with Crippen molar-refractivity contribution in [3.8, 4) is 0 Å². The van der Waals surface area contributed by atoms with Crippen LogP contribution in [0.4, 0.5) is 0 Å². The van der Waals surface area contributed by atoms with Gasteiger partial charge in [-0.25, -0.2) is 0 Å². The zero-order valence-electron chi connectivity index (χ0n) is 7.35. The van der Waals surface area contributed by atoms with Crippen LogP contribution in [0.1, 0.15) is 45.4 Å². The minimum atomic E-state index is -0.0976. The number of halogens is 1. The van der Waals surface area contributed by atoms with E-state index in [1.807, 2.05) is 6.92 Å². The first-order valence-electron chi connectivity index (χ1n) is 4.51. The van der Waals surface area contributed by atoms with Gasteiger partial charge in [-0.3, -0.25) is 0 Å². The minimum absolute atomic E-state index is 0.0976. The molecule has 0 saturated carbocycles. The molecule has 68 valence electrons. The predicted octanol–water partition coefficient (Wildman–Crippen LogP) is 3.14. The molecule has 0 heterocycles. The Balaban J connectivity index is 2.80. The smallest absolute Gasteiger partial charge is 0.0512 e. The summed E-state index contributed by atoms with van der Waals surface area (Å²) >= 11 is 2.42. The van der Waals surface area contributed by atoms with Crippen molar-refractivity contribution in [2.45, 2.75) is 51.6 Å². The Kier molecular flexibility index (Phi) is 9.33. The van der Waals surface area contributed by atoms with Crippen LogP contribution in [-0.2, 0) is 0 Å². The second-order valence-corrected chi connectivity index (χ2v) is 4.17. The maximum absolute atomic E-state index is 8.95. The van der Waals surface area contributed by atoms with Crippen molar-refractivity contribution in [2.24, 2.45) is 0 Å². The van der Waals surface area contributed by atoms with Gasteiger partial charge in [-0.15, -0.1) is 0 Å². The zero-order chi connectivity index (χ0) is 8.53. The number of aliphatic hydroxyl groups is 1. The van der Waals surface area contributed by atoms with Crippen LogP contribution in [0.15, 0.2) is 0 Å². The average molecular weight is 270 g/mol. The van der Waals surface area contributed by atoms with E-state index in [2.05, 4.69) is 22.6 Å². The lowest BCUT2D eigenvalue weighted by Crippen LogP contribution is -1.98. The van der Waals surface area contributed by atoms with E-state index < -0.39 is 0 Å². The summed E-state index contributed by atoms with van der Waals surface area (Å²) in [5, 5.41) is 8.95. The van der Waals surface area contributed by atoms with Gasteiger partial charge in [0.2, 0.25) is 0 Å². The van der Waals surface area contributed by atoms with E-state index in [1.54, 1.807) is 0 Å². The van der Waals surface area contributed by atoms with Crippen molar-refractivity contribution in [3.05, 3.63) is 0 Å². The van der Waals surface area contributed by atoms with Crippen molar-refractivity contribution in [3.63, 3.8) is 0 Å². The Hall–Kier alpha value is 0.690. The molecule has 0 fully saturated rings. The SMILES string of the molecule is C[C@@H](O)CCCCCCCI. The molecule has 0 aliphatic heterocycles. The largest absolute Gasteiger partial charge is 0.393 e. The van der Waals surface area contributed by atoms with Crippen LogP contribution in [0.3, 0.4) is 0 Å². The second-order valence-electron chi connectivity index (χ2n) is 3.09. The lowest BCUT2D eigenvalue weighted by Gasteiger charge is -2.02. The molecule has 0 aromatic carbocycles. The first-order valence-corrected chi connectivity index (χ1v) is 6.04. The molecule has 1 nitrogen and oxygen atoms in total. The Morgan fingerprint density at radius 1 is 1.09 bits per heavy atom. The normalized spacial score (nSPS) is 13.4. The molecule has 0 unspecified atom stereocenters. The highest BCUT2D eigenvalue weighted by Crippen LogP contribution is 2.07. The first kappa shape index (κ1) is 11.7. The number of rotatable bonds is 7. The van der Waals surface area contributed by atoms with Gasteiger partial charge in [-0.1, -0.05) is 48.3 Å². The highest BCUT2D eigenvalue weighted by Gasteiger charge is 1.94. The van der Waals surface area contributed by atoms with Crippen molar-refractivity contribution in [1.29, 1.82) is 0 Å². The maximum atomic E-state index is 8.95. The fourth-order valence-corrected chi connectivity index (χ4v) is 1.60. The molecular weight excluding hydrogens is 251 g/mol. The molecule has 0 aromatic rings. The van der Waals surface area contributed by atoms with Gasteiger partial charge in [-0.05, 0) is 24.2 Å². The number of unbranched alkanes of at least 4 members (excludes halogenated alkanes) is 4. The maximum Gasteiger partial charge on any atom is 0.0512 e. The lowest BCUT2D eigenvalue weighted by atomic mass is 10.1. The van der Waals surface area contributed by atoms with Crippen LogP contribution in [0, 0.1) is 0 Å². The Morgan fingerprint density at radius 2 is 1.64 bits per heavy atom. The van der Waals surface area contributed by atoms with E-state index in [9.17, 15) is 0 Å². The molecule has 0 rings (SSSR count). The summed E-state index contributed by atoms with van der Waals surface area (Å²) in [6.07, 6.45) is 7.43. The third kappa shape index (κ3) is 10.7. The highest BCUT2D eigenvalue weighted by molar-refractivity contribution is 14.1. The van der Waals surface area contributed by atoms with Gasteiger partial charge in [-0.2, -0.15) is 0 Å². The predicted molar refractivity (Wildman–Crippen MR) is 58.3 cm³/mol. The topological polar surface area (TPSA) is 20.2 Å². The lowest BCUT2D eigenvalue weighted by molar-refractivity contribution is 0.180. The average Bonchev–Trinajstić information content (AvgIpc) is 1.96. The molecular formula is C9H19IO. The van der Waals surface area contributed by atoms with Gasteiger partial charge in [0.25, 0.3) is 0 Å². The fraction of sp³-hybridized carbons (Fsp3) is 1.00. The molecule has 0 bridgehead atoms. The van der Waals surface area contributed by atoms with Crippen LogP contribution in [0.25, 0.3) is 0 Å². The quantitative estimate of drug-likeness (QED) is 0.428. The molecule has 0 aliphatic rings. The monoisotopic (exact) mass is 270 g/mol. The molecule has 1 atom stereocenters. The van der Waals surface area contributed by atoms with Crippen LogP contribution < -0.4 is 0 Å². The van der Waals surface area contributed by atoms with Crippen molar-refractivity contribution in [1.82, 2.24) is 0 Å². The summed E-state index contributed by atoms with van der Waals surface area (Å²) in [5.41, 5.74) is 0. The van der Waals surface area contributed by atoms with E-state index in [0.717, 1.165) is 6.42 Å². The van der Waals surface area contributed by atoms with Gasteiger partial charge < -0.3 is 5.11 Å². The number of hydrogen-bond acceptors (Lipinski definition) is 1. The van der Waals surface area contributed by atoms with E-state index in [4.69, 9.17) is 5.11 Å². The fourth-order valence-electron chi connectivity index (χ4n) is 1.06. The first-order chi connectivity index (χ1) is 5.27. The highest BCUT2D eigenvalue weighted by atomic mass is 127. The van der Waals surface area contributed by atoms with Crippen LogP contribution >= 0.6 is 22.6 Å². The van der Waals surface area contributed by atoms with E-state index in [0.29, 0.717) is 0 Å². The summed E-state index contributed by atoms with van der Waals surface area (Å²) in [7, 11) is 0. The third-order valence-corrected chi connectivity index (χ3v) is 2.52. The molecule has 11 heavy (non-hydrogen) atoms. The number of aliphatic hydroxyl groups excluding tert-OH is 1. The van der Waals surface area contributed by atoms with Crippen molar-refractivity contribution < 1.29 is 5.11 Å². The van der Waals surface area contributed by atoms with Gasteiger partial charge >= 0.3 is 0 Å². The molecule has 2 heteroatoms. The van der Waals surface area contributed by atoms with Gasteiger partial charge in [0, 0.05) is 0 Å². The molecule has 1 N–H and O–H groups in total. The summed E-state index contributed by atoms with van der Waals surface area (Å²) in [5.74, 6) is 0. The second kappa shape index (κ2) is 8.78. The molecule has 0 radical (unpaired) electrons. The van der Waals surface area contributed by atoms with E-state index in [1.165, 1.54) is 36.5 Å². The summed E-state index contributed by atoms with van der Waals surface area (Å²) in [6.45, 7) is 1.87. The van der Waals surface area contributed by atoms with Gasteiger partial charge in [0.05, 0.1) is 6.10 Å². The minimum Gasteiger partial charge on any atom is -0.393 e. The summed E-state index contributed by atoms with van der Waals surface area (Å²) < 4.78 is 1.29. The summed E-state index contributed by atoms with van der Waals surface area (Å²) in [4.78, 5) is 0. The Labute approximate surface area is 83.7 Å². The van der Waals surface area contributed by atoms with Gasteiger partial charge in [0.15, 0.2) is 0 Å². The molecule has 0 aromatic heterocycles. The Morgan fingerprint density at radius 3 is 2.18 bits per heavy atom. The molecule has 0 saturated heterocycles. The van der Waals surface area contributed by atoms with Crippen molar-refractivity contribution in [2.75, 3.05) is 4.43 Å². The number of hydrogen-bond donors (Lipinski definition) is 1. The number of alkyl halides is 1.